The summed E-state index contributed by atoms with van der Waals surface area (Å²) in [6.07, 6.45) is 1.17. The van der Waals surface area contributed by atoms with Gasteiger partial charge in [-0.25, -0.2) is 0 Å². The molecule has 3 nitrogen and oxygen atoms in total. The Morgan fingerprint density at radius 3 is 1.49 bits per heavy atom. The van der Waals surface area contributed by atoms with Gasteiger partial charge >= 0.3 is 135 Å². The molecule has 0 aliphatic carbocycles. The van der Waals surface area contributed by atoms with Crippen LogP contribution in [-0.2, 0) is 0 Å². The Morgan fingerprint density at radius 2 is 0.977 bits per heavy atom. The average Bonchev–Trinajstić information content (AvgIpc) is 3.06. The molecule has 0 aliphatic heterocycles. The third kappa shape index (κ3) is 5.78. The zero-order chi connectivity index (χ0) is 29.6. The van der Waals surface area contributed by atoms with Crippen LogP contribution < -0.4 is 20.6 Å². The summed E-state index contributed by atoms with van der Waals surface area (Å²) in [6, 6.07) is 55.2. The van der Waals surface area contributed by atoms with Crippen LogP contribution in [0.15, 0.2) is 158 Å². The van der Waals surface area contributed by atoms with E-state index in [1.165, 1.54) is 27.5 Å². The first kappa shape index (κ1) is 28.6. The molecule has 0 bridgehead atoms. The molecule has 43 heavy (non-hydrogen) atoms. The number of hydrogen-bond donors (Lipinski definition) is 2. The van der Waals surface area contributed by atoms with Gasteiger partial charge in [-0.15, -0.1) is 0 Å². The van der Waals surface area contributed by atoms with Crippen LogP contribution in [-0.4, -0.2) is 23.5 Å². The number of rotatable bonds is 6. The van der Waals surface area contributed by atoms with Gasteiger partial charge in [-0.1, -0.05) is 48.5 Å². The van der Waals surface area contributed by atoms with Gasteiger partial charge in [-0.2, -0.15) is 0 Å². The fourth-order valence-corrected chi connectivity index (χ4v) is 10.8. The van der Waals surface area contributed by atoms with Gasteiger partial charge in [0.05, 0.1) is 0 Å². The molecule has 7 aromatic rings. The molecule has 0 aliphatic rings. The molecule has 0 saturated heterocycles. The Morgan fingerprint density at radius 1 is 0.512 bits per heavy atom. The van der Waals surface area contributed by atoms with E-state index in [-0.39, 0.29) is 0 Å². The van der Waals surface area contributed by atoms with E-state index in [1.807, 2.05) is 30.3 Å². The molecule has 0 heterocycles. The Labute approximate surface area is 253 Å². The van der Waals surface area contributed by atoms with Crippen LogP contribution in [0, 0.1) is 0 Å². The first-order valence-electron chi connectivity index (χ1n) is 14.6. The molecule has 0 aromatic heterocycles. The molecule has 212 valence electrons. The Bertz CT molecular complexity index is 1870. The van der Waals surface area contributed by atoms with Crippen molar-refractivity contribution < 1.29 is 14.7 Å². The van der Waals surface area contributed by atoms with Crippen LogP contribution in [0.4, 0.5) is 0 Å². The summed E-state index contributed by atoms with van der Waals surface area (Å²) in [5.74, 6) is 0.466. The van der Waals surface area contributed by atoms with Crippen molar-refractivity contribution in [3.63, 3.8) is 0 Å². The Kier molecular flexibility index (Phi) is 8.53. The molecule has 5 heteroatoms. The summed E-state index contributed by atoms with van der Waals surface area (Å²) in [5.41, 5.74) is 0. The second kappa shape index (κ2) is 12.8. The van der Waals surface area contributed by atoms with Gasteiger partial charge in [0.1, 0.15) is 5.75 Å². The number of benzene rings is 7. The topological polar surface area (TPSA) is 49.7 Å². The predicted molar refractivity (Wildman–Crippen MR) is 187 cm³/mol. The molecule has 7 aromatic carbocycles. The summed E-state index contributed by atoms with van der Waals surface area (Å²) >= 11 is 0. The maximum atomic E-state index is 9.14. The first-order chi connectivity index (χ1) is 21.1. The van der Waals surface area contributed by atoms with E-state index in [2.05, 4.69) is 128 Å². The molecule has 0 unspecified atom stereocenters. The molecule has 0 radical (unpaired) electrons. The summed E-state index contributed by atoms with van der Waals surface area (Å²) in [6.45, 7) is 2.33. The molecule has 0 fully saturated rings. The number of fused-ring (bicyclic) bond motifs is 4. The normalized spacial score (nSPS) is 11.6. The predicted octanol–water partition coefficient (Wildman–Crippen LogP) is 7.23. The summed E-state index contributed by atoms with van der Waals surface area (Å²) in [4.78, 5) is 0. The van der Waals surface area contributed by atoms with Gasteiger partial charge < -0.3 is 14.7 Å². The quantitative estimate of drug-likeness (QED) is 0.0945. The van der Waals surface area contributed by atoms with Crippen molar-refractivity contribution >= 4 is 62.8 Å². The third-order valence-electron chi connectivity index (χ3n) is 8.25. The fourth-order valence-electron chi connectivity index (χ4n) is 6.26. The summed E-state index contributed by atoms with van der Waals surface area (Å²) in [7, 11) is -3.73. The number of hydrogen-bond acceptors (Lipinski definition) is 3. The summed E-state index contributed by atoms with van der Waals surface area (Å²) in [5, 5.41) is 29.1. The zero-order valence-electron chi connectivity index (χ0n) is 24.1. The Hall–Kier alpha value is -4.47. The maximum absolute atomic E-state index is 9.14. The SMILES string of the molecule is CC[PH](c1ccccc1)(c1ccccc1)c1ccccc1.OB(O)Oc1cccc2ccc3cc4ccccc4cc3c12. The van der Waals surface area contributed by atoms with Crippen molar-refractivity contribution in [2.75, 3.05) is 6.16 Å². The minimum atomic E-state index is -1.90. The van der Waals surface area contributed by atoms with Crippen molar-refractivity contribution in [2.45, 2.75) is 6.92 Å². The molecule has 0 atom stereocenters. The van der Waals surface area contributed by atoms with Gasteiger partial charge in [0.2, 0.25) is 0 Å². The van der Waals surface area contributed by atoms with Crippen LogP contribution in [0.2, 0.25) is 0 Å². The first-order valence-corrected chi connectivity index (χ1v) is 16.8. The van der Waals surface area contributed by atoms with E-state index in [1.54, 1.807) is 6.07 Å². The van der Waals surface area contributed by atoms with E-state index in [4.69, 9.17) is 14.7 Å². The van der Waals surface area contributed by atoms with Crippen molar-refractivity contribution in [2.24, 2.45) is 0 Å². The van der Waals surface area contributed by atoms with Crippen molar-refractivity contribution in [3.8, 4) is 5.75 Å². The zero-order valence-corrected chi connectivity index (χ0v) is 25.1. The van der Waals surface area contributed by atoms with Crippen LogP contribution in [0.5, 0.6) is 5.75 Å². The van der Waals surface area contributed by atoms with E-state index in [0.29, 0.717) is 5.75 Å². The van der Waals surface area contributed by atoms with Crippen LogP contribution in [0.1, 0.15) is 6.92 Å². The van der Waals surface area contributed by atoms with Gasteiger partial charge in [-0.05, 0) is 45.1 Å². The molecule has 2 N–H and O–H groups in total. The van der Waals surface area contributed by atoms with Gasteiger partial charge in [0.15, 0.2) is 0 Å². The average molecular weight is 580 g/mol. The van der Waals surface area contributed by atoms with E-state index >= 15 is 0 Å². The van der Waals surface area contributed by atoms with Gasteiger partial charge in [0.25, 0.3) is 0 Å². The molecule has 0 amide bonds. The largest absolute Gasteiger partial charge is 0.707 e. The van der Waals surface area contributed by atoms with Crippen molar-refractivity contribution in [1.29, 1.82) is 0 Å². The van der Waals surface area contributed by atoms with Crippen LogP contribution in [0.25, 0.3) is 32.3 Å². The maximum Gasteiger partial charge on any atom is 0.707 e. The van der Waals surface area contributed by atoms with Gasteiger partial charge in [0, 0.05) is 5.39 Å². The molecular formula is C38H34BO3P. The second-order valence-corrected chi connectivity index (χ2v) is 14.9. The van der Waals surface area contributed by atoms with Gasteiger partial charge in [-0.3, -0.25) is 0 Å². The smallest absolute Gasteiger partial charge is 0.511 e. The van der Waals surface area contributed by atoms with E-state index in [9.17, 15) is 0 Å². The fraction of sp³-hybridized carbons (Fsp3) is 0.0526. The third-order valence-corrected chi connectivity index (χ3v) is 13.3. The van der Waals surface area contributed by atoms with Crippen molar-refractivity contribution in [3.05, 3.63) is 158 Å². The molecule has 0 saturated carbocycles. The molecule has 0 spiro atoms. The monoisotopic (exact) mass is 580 g/mol. The molecular weight excluding hydrogens is 546 g/mol. The Balaban J connectivity index is 0.000000153. The van der Waals surface area contributed by atoms with Crippen LogP contribution >= 0.6 is 7.26 Å². The van der Waals surface area contributed by atoms with E-state index < -0.39 is 14.6 Å². The minimum absolute atomic E-state index is 0.466. The van der Waals surface area contributed by atoms with E-state index in [0.717, 1.165) is 26.9 Å². The standard InChI is InChI=1S/C20H21P.C18H13BO3/c1-2-21(18-12-6-3-7-13-18,19-14-8-4-9-15-19)20-16-10-5-11-17-20;20-19(21)22-17-7-3-6-12-8-9-15-10-13-4-1-2-5-14(13)11-16(15)18(12)17/h3-17,21H,2H2,1H3;1-11,20-21H. The minimum Gasteiger partial charge on any atom is -0.511 e. The second-order valence-electron chi connectivity index (χ2n) is 10.6. The van der Waals surface area contributed by atoms with Crippen molar-refractivity contribution in [1.82, 2.24) is 0 Å². The summed E-state index contributed by atoms with van der Waals surface area (Å²) < 4.78 is 5.16. The van der Waals surface area contributed by atoms with Crippen LogP contribution in [0.3, 0.4) is 0 Å². The molecule has 7 rings (SSSR count).